The summed E-state index contributed by atoms with van der Waals surface area (Å²) in [5.74, 6) is 0.798. The largest absolute Gasteiger partial charge is 0.340 e. The topological polar surface area (TPSA) is 26.8 Å². The first-order valence-electron chi connectivity index (χ1n) is 8.95. The molecule has 1 aliphatic carbocycles. The van der Waals surface area contributed by atoms with Crippen molar-refractivity contribution in [1.82, 2.24) is 14.7 Å². The van der Waals surface area contributed by atoms with Crippen molar-refractivity contribution < 1.29 is 4.79 Å². The van der Waals surface area contributed by atoms with E-state index in [0.717, 1.165) is 45.1 Å². The Labute approximate surface area is 129 Å². The summed E-state index contributed by atoms with van der Waals surface area (Å²) in [7, 11) is 2.22. The van der Waals surface area contributed by atoms with Crippen molar-refractivity contribution in [2.24, 2.45) is 5.92 Å². The highest BCUT2D eigenvalue weighted by Crippen LogP contribution is 2.26. The molecular weight excluding hydrogens is 262 g/mol. The Bertz CT molecular complexity index is 338. The first kappa shape index (κ1) is 15.3. The highest BCUT2D eigenvalue weighted by atomic mass is 16.2. The van der Waals surface area contributed by atoms with E-state index in [1.807, 2.05) is 0 Å². The lowest BCUT2D eigenvalue weighted by atomic mass is 9.88. The van der Waals surface area contributed by atoms with Gasteiger partial charge in [0.15, 0.2) is 0 Å². The third-order valence-corrected chi connectivity index (χ3v) is 5.78. The van der Waals surface area contributed by atoms with Crippen LogP contribution in [0.1, 0.15) is 44.9 Å². The number of piperidine rings is 1. The molecule has 2 aliphatic heterocycles. The van der Waals surface area contributed by atoms with Crippen LogP contribution in [0.3, 0.4) is 0 Å². The Kier molecular flexibility index (Phi) is 5.17. The van der Waals surface area contributed by atoms with Gasteiger partial charge in [-0.3, -0.25) is 9.69 Å². The van der Waals surface area contributed by atoms with Crippen LogP contribution in [0.15, 0.2) is 0 Å². The molecule has 3 rings (SSSR count). The first-order chi connectivity index (χ1) is 10.2. The molecule has 0 aromatic carbocycles. The number of hydrogen-bond acceptors (Lipinski definition) is 3. The van der Waals surface area contributed by atoms with E-state index in [4.69, 9.17) is 0 Å². The Hall–Kier alpha value is -0.610. The third-order valence-electron chi connectivity index (χ3n) is 5.78. The normalized spacial score (nSPS) is 28.0. The second-order valence-corrected chi connectivity index (χ2v) is 7.23. The van der Waals surface area contributed by atoms with E-state index in [9.17, 15) is 4.79 Å². The molecule has 0 unspecified atom stereocenters. The number of likely N-dealkylation sites (tertiary alicyclic amines) is 1. The van der Waals surface area contributed by atoms with Crippen molar-refractivity contribution in [3.05, 3.63) is 0 Å². The molecule has 0 aromatic heterocycles. The van der Waals surface area contributed by atoms with Crippen LogP contribution < -0.4 is 0 Å². The lowest BCUT2D eigenvalue weighted by Gasteiger charge is -2.43. The maximum absolute atomic E-state index is 12.6. The number of hydrogen-bond donors (Lipinski definition) is 0. The summed E-state index contributed by atoms with van der Waals surface area (Å²) >= 11 is 0. The Morgan fingerprint density at radius 1 is 0.810 bits per heavy atom. The SMILES string of the molecule is CN1CCC(N2CCN(C(=O)C3CCCCC3)CC2)CC1. The molecule has 0 N–H and O–H groups in total. The van der Waals surface area contributed by atoms with Crippen LogP contribution in [0.25, 0.3) is 0 Å². The van der Waals surface area contributed by atoms with Crippen molar-refractivity contribution in [1.29, 1.82) is 0 Å². The standard InChI is InChI=1S/C17H31N3O/c1-18-9-7-16(8-10-18)19-11-13-20(14-12-19)17(21)15-5-3-2-4-6-15/h15-16H,2-14H2,1H3. The van der Waals surface area contributed by atoms with Gasteiger partial charge in [-0.15, -0.1) is 0 Å². The van der Waals surface area contributed by atoms with Gasteiger partial charge in [-0.05, 0) is 45.8 Å². The quantitative estimate of drug-likeness (QED) is 0.777. The summed E-state index contributed by atoms with van der Waals surface area (Å²) < 4.78 is 0. The van der Waals surface area contributed by atoms with Crippen LogP contribution in [0.5, 0.6) is 0 Å². The maximum atomic E-state index is 12.6. The summed E-state index contributed by atoms with van der Waals surface area (Å²) in [6.45, 7) is 6.56. The van der Waals surface area contributed by atoms with Crippen molar-refractivity contribution >= 4 is 5.91 Å². The lowest BCUT2D eigenvalue weighted by Crippen LogP contribution is -2.55. The fourth-order valence-electron chi connectivity index (χ4n) is 4.28. The van der Waals surface area contributed by atoms with Gasteiger partial charge in [-0.2, -0.15) is 0 Å². The molecule has 2 heterocycles. The molecule has 1 saturated carbocycles. The zero-order valence-corrected chi connectivity index (χ0v) is 13.6. The van der Waals surface area contributed by atoms with Gasteiger partial charge < -0.3 is 9.80 Å². The molecule has 0 bridgehead atoms. The zero-order chi connectivity index (χ0) is 14.7. The van der Waals surface area contributed by atoms with Gasteiger partial charge in [0.2, 0.25) is 5.91 Å². The molecular formula is C17H31N3O. The average Bonchev–Trinajstić information content (AvgIpc) is 2.56. The number of piperazine rings is 1. The van der Waals surface area contributed by atoms with Crippen LogP contribution >= 0.6 is 0 Å². The van der Waals surface area contributed by atoms with E-state index < -0.39 is 0 Å². The molecule has 120 valence electrons. The highest BCUT2D eigenvalue weighted by molar-refractivity contribution is 5.79. The van der Waals surface area contributed by atoms with E-state index in [1.165, 1.54) is 45.2 Å². The van der Waals surface area contributed by atoms with E-state index in [-0.39, 0.29) is 0 Å². The van der Waals surface area contributed by atoms with Crippen LogP contribution in [-0.4, -0.2) is 73.0 Å². The van der Waals surface area contributed by atoms with E-state index in [2.05, 4.69) is 21.7 Å². The van der Waals surface area contributed by atoms with E-state index in [1.54, 1.807) is 0 Å². The molecule has 2 saturated heterocycles. The van der Waals surface area contributed by atoms with Crippen LogP contribution in [0, 0.1) is 5.92 Å². The molecule has 1 amide bonds. The number of amides is 1. The Morgan fingerprint density at radius 3 is 2.05 bits per heavy atom. The fraction of sp³-hybridized carbons (Fsp3) is 0.941. The molecule has 3 fully saturated rings. The summed E-state index contributed by atoms with van der Waals surface area (Å²) in [5, 5.41) is 0. The minimum atomic E-state index is 0.341. The molecule has 0 spiro atoms. The summed E-state index contributed by atoms with van der Waals surface area (Å²) in [4.78, 5) is 19.8. The molecule has 4 heteroatoms. The minimum absolute atomic E-state index is 0.341. The van der Waals surface area contributed by atoms with Gasteiger partial charge >= 0.3 is 0 Å². The van der Waals surface area contributed by atoms with Crippen molar-refractivity contribution in [2.75, 3.05) is 46.3 Å². The van der Waals surface area contributed by atoms with Gasteiger partial charge in [0.1, 0.15) is 0 Å². The molecule has 4 nitrogen and oxygen atoms in total. The molecule has 0 radical (unpaired) electrons. The fourth-order valence-corrected chi connectivity index (χ4v) is 4.28. The van der Waals surface area contributed by atoms with Crippen molar-refractivity contribution in [3.8, 4) is 0 Å². The monoisotopic (exact) mass is 293 g/mol. The highest BCUT2D eigenvalue weighted by Gasteiger charge is 2.31. The summed E-state index contributed by atoms with van der Waals surface area (Å²) in [5.41, 5.74) is 0. The zero-order valence-electron chi connectivity index (χ0n) is 13.6. The smallest absolute Gasteiger partial charge is 0.225 e. The maximum Gasteiger partial charge on any atom is 0.225 e. The number of rotatable bonds is 2. The minimum Gasteiger partial charge on any atom is -0.340 e. The number of carbonyl (C=O) groups is 1. The van der Waals surface area contributed by atoms with Crippen molar-refractivity contribution in [2.45, 2.75) is 51.0 Å². The number of nitrogens with zero attached hydrogens (tertiary/aromatic N) is 3. The number of carbonyl (C=O) groups excluding carboxylic acids is 1. The van der Waals surface area contributed by atoms with Gasteiger partial charge in [0.05, 0.1) is 0 Å². The third kappa shape index (κ3) is 3.78. The summed E-state index contributed by atoms with van der Waals surface area (Å²) in [6, 6.07) is 0.758. The van der Waals surface area contributed by atoms with Gasteiger partial charge in [0.25, 0.3) is 0 Å². The van der Waals surface area contributed by atoms with Gasteiger partial charge in [-0.1, -0.05) is 19.3 Å². The Balaban J connectivity index is 1.45. The van der Waals surface area contributed by atoms with Gasteiger partial charge in [0, 0.05) is 38.1 Å². The Morgan fingerprint density at radius 2 is 1.43 bits per heavy atom. The van der Waals surface area contributed by atoms with Gasteiger partial charge in [-0.25, -0.2) is 0 Å². The molecule has 21 heavy (non-hydrogen) atoms. The van der Waals surface area contributed by atoms with Crippen LogP contribution in [0.4, 0.5) is 0 Å². The van der Waals surface area contributed by atoms with E-state index in [0.29, 0.717) is 11.8 Å². The van der Waals surface area contributed by atoms with Crippen LogP contribution in [-0.2, 0) is 4.79 Å². The molecule has 3 aliphatic rings. The molecule has 0 atom stereocenters. The van der Waals surface area contributed by atoms with Crippen molar-refractivity contribution in [3.63, 3.8) is 0 Å². The average molecular weight is 293 g/mol. The lowest BCUT2D eigenvalue weighted by molar-refractivity contribution is -0.138. The van der Waals surface area contributed by atoms with Crippen LogP contribution in [0.2, 0.25) is 0 Å². The predicted molar refractivity (Wildman–Crippen MR) is 85.2 cm³/mol. The second-order valence-electron chi connectivity index (χ2n) is 7.23. The summed E-state index contributed by atoms with van der Waals surface area (Å²) in [6.07, 6.45) is 8.70. The second kappa shape index (κ2) is 7.10. The molecule has 0 aromatic rings. The first-order valence-corrected chi connectivity index (χ1v) is 8.95. The predicted octanol–water partition coefficient (Wildman–Crippen LogP) is 1.81. The van der Waals surface area contributed by atoms with E-state index >= 15 is 0 Å².